The summed E-state index contributed by atoms with van der Waals surface area (Å²) in [4.78, 5) is 11.2. The second-order valence-electron chi connectivity index (χ2n) is 5.53. The Morgan fingerprint density at radius 2 is 1.80 bits per heavy atom. The summed E-state index contributed by atoms with van der Waals surface area (Å²) in [7, 11) is -3.56. The quantitative estimate of drug-likeness (QED) is 0.916. The van der Waals surface area contributed by atoms with Gasteiger partial charge >= 0.3 is 5.97 Å². The molecule has 0 radical (unpaired) electrons. The largest absolute Gasteiger partial charge is 0.481 e. The SMILES string of the molecule is O=C(O)C1CCN(S(=O)(=O)c2ccc(C3CC3)cc2)C1. The molecule has 20 heavy (non-hydrogen) atoms. The molecule has 2 aliphatic rings. The van der Waals surface area contributed by atoms with Gasteiger partial charge in [-0.2, -0.15) is 4.31 Å². The smallest absolute Gasteiger partial charge is 0.307 e. The van der Waals surface area contributed by atoms with E-state index in [2.05, 4.69) is 0 Å². The Morgan fingerprint density at radius 1 is 1.15 bits per heavy atom. The zero-order valence-electron chi connectivity index (χ0n) is 11.0. The van der Waals surface area contributed by atoms with Crippen molar-refractivity contribution in [1.82, 2.24) is 4.31 Å². The highest BCUT2D eigenvalue weighted by molar-refractivity contribution is 7.89. The van der Waals surface area contributed by atoms with Crippen LogP contribution in [0.5, 0.6) is 0 Å². The van der Waals surface area contributed by atoms with Gasteiger partial charge in [0.1, 0.15) is 0 Å². The lowest BCUT2D eigenvalue weighted by Gasteiger charge is -2.16. The van der Waals surface area contributed by atoms with Crippen molar-refractivity contribution < 1.29 is 18.3 Å². The molecule has 1 aromatic carbocycles. The van der Waals surface area contributed by atoms with Crippen molar-refractivity contribution in [1.29, 1.82) is 0 Å². The maximum absolute atomic E-state index is 12.4. The van der Waals surface area contributed by atoms with E-state index in [1.807, 2.05) is 12.1 Å². The number of hydrogen-bond acceptors (Lipinski definition) is 3. The number of benzene rings is 1. The Kier molecular flexibility index (Phi) is 3.30. The first-order chi connectivity index (χ1) is 9.48. The lowest BCUT2D eigenvalue weighted by atomic mass is 10.1. The Balaban J connectivity index is 1.79. The highest BCUT2D eigenvalue weighted by atomic mass is 32.2. The van der Waals surface area contributed by atoms with E-state index in [1.54, 1.807) is 12.1 Å². The van der Waals surface area contributed by atoms with Crippen LogP contribution in [0.3, 0.4) is 0 Å². The first kappa shape index (κ1) is 13.6. The molecule has 1 atom stereocenters. The molecule has 3 rings (SSSR count). The Morgan fingerprint density at radius 3 is 2.30 bits per heavy atom. The molecule has 0 bridgehead atoms. The summed E-state index contributed by atoms with van der Waals surface area (Å²) in [6.45, 7) is 0.353. The normalized spacial score (nSPS) is 23.9. The molecular formula is C14H17NO4S. The van der Waals surface area contributed by atoms with Crippen molar-refractivity contribution in [2.75, 3.05) is 13.1 Å². The maximum Gasteiger partial charge on any atom is 0.307 e. The molecule has 0 spiro atoms. The standard InChI is InChI=1S/C14H17NO4S/c16-14(17)12-7-8-15(9-12)20(18,19)13-5-3-11(4-6-13)10-1-2-10/h3-6,10,12H,1-2,7-9H2,(H,16,17). The summed E-state index contributed by atoms with van der Waals surface area (Å²) < 4.78 is 26.1. The predicted molar refractivity (Wildman–Crippen MR) is 72.9 cm³/mol. The molecule has 0 aromatic heterocycles. The maximum atomic E-state index is 12.4. The lowest BCUT2D eigenvalue weighted by Crippen LogP contribution is -2.30. The van der Waals surface area contributed by atoms with Crippen LogP contribution in [0, 0.1) is 5.92 Å². The number of rotatable bonds is 4. The third kappa shape index (κ3) is 2.45. The predicted octanol–water partition coefficient (Wildman–Crippen LogP) is 1.66. The van der Waals surface area contributed by atoms with Crippen molar-refractivity contribution in [2.45, 2.75) is 30.1 Å². The van der Waals surface area contributed by atoms with Crippen LogP contribution in [0.25, 0.3) is 0 Å². The van der Waals surface area contributed by atoms with Gasteiger partial charge in [-0.3, -0.25) is 4.79 Å². The van der Waals surface area contributed by atoms with E-state index >= 15 is 0 Å². The number of carboxylic acids is 1. The highest BCUT2D eigenvalue weighted by Gasteiger charge is 2.35. The van der Waals surface area contributed by atoms with E-state index in [0.29, 0.717) is 12.3 Å². The fraction of sp³-hybridized carbons (Fsp3) is 0.500. The van der Waals surface area contributed by atoms with Gasteiger partial charge in [-0.05, 0) is 42.9 Å². The average Bonchev–Trinajstić information content (AvgIpc) is 3.14. The lowest BCUT2D eigenvalue weighted by molar-refractivity contribution is -0.141. The number of aliphatic carboxylic acids is 1. The van der Waals surface area contributed by atoms with E-state index < -0.39 is 21.9 Å². The third-order valence-electron chi connectivity index (χ3n) is 4.07. The zero-order chi connectivity index (χ0) is 14.3. The number of carbonyl (C=O) groups is 1. The van der Waals surface area contributed by atoms with Crippen LogP contribution in [-0.2, 0) is 14.8 Å². The number of sulfonamides is 1. The van der Waals surface area contributed by atoms with Crippen LogP contribution in [0.15, 0.2) is 29.2 Å². The molecule has 6 heteroatoms. The molecule has 1 heterocycles. The zero-order valence-corrected chi connectivity index (χ0v) is 11.8. The second kappa shape index (κ2) is 4.86. The molecule has 108 valence electrons. The van der Waals surface area contributed by atoms with E-state index in [1.165, 1.54) is 22.7 Å². The van der Waals surface area contributed by atoms with Gasteiger partial charge in [0.05, 0.1) is 10.8 Å². The molecule has 1 aliphatic carbocycles. The second-order valence-corrected chi connectivity index (χ2v) is 7.47. The first-order valence-electron chi connectivity index (χ1n) is 6.81. The van der Waals surface area contributed by atoms with Crippen LogP contribution in [0.4, 0.5) is 0 Å². The van der Waals surface area contributed by atoms with Gasteiger partial charge in [-0.15, -0.1) is 0 Å². The fourth-order valence-electron chi connectivity index (χ4n) is 2.63. The minimum atomic E-state index is -3.56. The van der Waals surface area contributed by atoms with Crippen LogP contribution >= 0.6 is 0 Å². The Hall–Kier alpha value is -1.40. The monoisotopic (exact) mass is 295 g/mol. The summed E-state index contributed by atoms with van der Waals surface area (Å²) in [5.41, 5.74) is 1.19. The summed E-state index contributed by atoms with van der Waals surface area (Å²) in [5, 5.41) is 8.95. The third-order valence-corrected chi connectivity index (χ3v) is 5.95. The number of carboxylic acid groups (broad SMARTS) is 1. The van der Waals surface area contributed by atoms with Crippen molar-refractivity contribution in [3.05, 3.63) is 29.8 Å². The van der Waals surface area contributed by atoms with Crippen molar-refractivity contribution >= 4 is 16.0 Å². The molecule has 0 amide bonds. The van der Waals surface area contributed by atoms with Crippen molar-refractivity contribution in [3.8, 4) is 0 Å². The van der Waals surface area contributed by atoms with Crippen LogP contribution < -0.4 is 0 Å². The first-order valence-corrected chi connectivity index (χ1v) is 8.25. The summed E-state index contributed by atoms with van der Waals surface area (Å²) in [6.07, 6.45) is 2.74. The van der Waals surface area contributed by atoms with Gasteiger partial charge in [0.2, 0.25) is 10.0 Å². The van der Waals surface area contributed by atoms with E-state index in [4.69, 9.17) is 5.11 Å². The minimum absolute atomic E-state index is 0.0715. The topological polar surface area (TPSA) is 74.7 Å². The molecule has 1 aromatic rings. The summed E-state index contributed by atoms with van der Waals surface area (Å²) in [6, 6.07) is 7.01. The molecular weight excluding hydrogens is 278 g/mol. The van der Waals surface area contributed by atoms with E-state index in [9.17, 15) is 13.2 Å². The van der Waals surface area contributed by atoms with Gasteiger partial charge in [-0.25, -0.2) is 8.42 Å². The molecule has 2 fully saturated rings. The summed E-state index contributed by atoms with van der Waals surface area (Å²) in [5.74, 6) is -0.919. The Bertz CT molecular complexity index is 619. The van der Waals surface area contributed by atoms with Gasteiger partial charge in [-0.1, -0.05) is 12.1 Å². The van der Waals surface area contributed by atoms with Crippen LogP contribution in [-0.4, -0.2) is 36.9 Å². The minimum Gasteiger partial charge on any atom is -0.481 e. The molecule has 1 unspecified atom stereocenters. The van der Waals surface area contributed by atoms with Gasteiger partial charge in [0.15, 0.2) is 0 Å². The molecule has 5 nitrogen and oxygen atoms in total. The van der Waals surface area contributed by atoms with Gasteiger partial charge < -0.3 is 5.11 Å². The molecule has 1 saturated heterocycles. The van der Waals surface area contributed by atoms with E-state index in [0.717, 1.165) is 0 Å². The molecule has 1 N–H and O–H groups in total. The number of nitrogens with zero attached hydrogens (tertiary/aromatic N) is 1. The highest BCUT2D eigenvalue weighted by Crippen LogP contribution is 2.40. The van der Waals surface area contributed by atoms with Crippen LogP contribution in [0.1, 0.15) is 30.7 Å². The fourth-order valence-corrected chi connectivity index (χ4v) is 4.13. The average molecular weight is 295 g/mol. The molecule has 1 saturated carbocycles. The van der Waals surface area contributed by atoms with Gasteiger partial charge in [0, 0.05) is 13.1 Å². The molecule has 1 aliphatic heterocycles. The van der Waals surface area contributed by atoms with Crippen molar-refractivity contribution in [3.63, 3.8) is 0 Å². The van der Waals surface area contributed by atoms with E-state index in [-0.39, 0.29) is 18.0 Å². The van der Waals surface area contributed by atoms with Crippen molar-refractivity contribution in [2.24, 2.45) is 5.92 Å². The Labute approximate surface area is 118 Å². The summed E-state index contributed by atoms with van der Waals surface area (Å²) >= 11 is 0. The van der Waals surface area contributed by atoms with Gasteiger partial charge in [0.25, 0.3) is 0 Å². The van der Waals surface area contributed by atoms with Crippen LogP contribution in [0.2, 0.25) is 0 Å². The number of hydrogen-bond donors (Lipinski definition) is 1.